The topological polar surface area (TPSA) is 75.7 Å². The number of sulfonamides is 1. The van der Waals surface area contributed by atoms with Gasteiger partial charge in [0.2, 0.25) is 10.0 Å². The van der Waals surface area contributed by atoms with E-state index in [9.17, 15) is 13.2 Å². The third kappa shape index (κ3) is 4.97. The highest BCUT2D eigenvalue weighted by atomic mass is 35.5. The van der Waals surface area contributed by atoms with E-state index in [1.807, 2.05) is 31.2 Å². The molecule has 0 spiro atoms. The van der Waals surface area contributed by atoms with Crippen LogP contribution in [0.3, 0.4) is 0 Å². The first-order valence-electron chi connectivity index (χ1n) is 7.91. The Hall–Kier alpha value is -2.09. The Morgan fingerprint density at radius 1 is 1.19 bits per heavy atom. The van der Waals surface area contributed by atoms with Crippen molar-refractivity contribution >= 4 is 27.5 Å². The highest BCUT2D eigenvalue weighted by Gasteiger charge is 2.20. The maximum Gasteiger partial charge on any atom is 0.252 e. The Bertz CT molecular complexity index is 898. The number of nitrogens with zero attached hydrogens (tertiary/aromatic N) is 1. The van der Waals surface area contributed by atoms with Gasteiger partial charge in [0.05, 0.1) is 22.0 Å². The molecule has 0 aliphatic heterocycles. The molecule has 0 aliphatic carbocycles. The number of carbonyl (C=O) groups is 1. The molecule has 1 N–H and O–H groups in total. The van der Waals surface area contributed by atoms with Crippen LogP contribution in [0.5, 0.6) is 5.75 Å². The molecule has 2 aromatic rings. The zero-order valence-electron chi connectivity index (χ0n) is 14.8. The van der Waals surface area contributed by atoms with Crippen LogP contribution in [0.4, 0.5) is 0 Å². The summed E-state index contributed by atoms with van der Waals surface area (Å²) in [5, 5.41) is 2.86. The predicted molar refractivity (Wildman–Crippen MR) is 101 cm³/mol. The molecule has 0 fully saturated rings. The van der Waals surface area contributed by atoms with E-state index in [2.05, 4.69) is 5.32 Å². The Morgan fingerprint density at radius 3 is 2.58 bits per heavy atom. The number of amides is 1. The van der Waals surface area contributed by atoms with Gasteiger partial charge in [-0.3, -0.25) is 4.79 Å². The zero-order valence-corrected chi connectivity index (χ0v) is 16.4. The summed E-state index contributed by atoms with van der Waals surface area (Å²) < 4.78 is 31.0. The molecular formula is C18H21ClN2O4S. The smallest absolute Gasteiger partial charge is 0.252 e. The van der Waals surface area contributed by atoms with Crippen molar-refractivity contribution in [2.24, 2.45) is 0 Å². The first kappa shape index (κ1) is 20.2. The lowest BCUT2D eigenvalue weighted by Gasteiger charge is -2.13. The molecule has 0 saturated heterocycles. The molecule has 0 heterocycles. The molecule has 0 aromatic heterocycles. The summed E-state index contributed by atoms with van der Waals surface area (Å²) in [6, 6.07) is 11.6. The summed E-state index contributed by atoms with van der Waals surface area (Å²) in [5.74, 6) is 0.259. The molecule has 0 bridgehead atoms. The van der Waals surface area contributed by atoms with E-state index >= 15 is 0 Å². The molecule has 140 valence electrons. The minimum atomic E-state index is -3.64. The van der Waals surface area contributed by atoms with Gasteiger partial charge in [0, 0.05) is 14.1 Å². The molecular weight excluding hydrogens is 376 g/mol. The van der Waals surface area contributed by atoms with Crippen LogP contribution in [0, 0.1) is 6.92 Å². The van der Waals surface area contributed by atoms with E-state index in [0.717, 1.165) is 15.6 Å². The Balaban J connectivity index is 2.01. The summed E-state index contributed by atoms with van der Waals surface area (Å²) in [7, 11) is -0.799. The lowest BCUT2D eigenvalue weighted by Crippen LogP contribution is -2.29. The zero-order chi connectivity index (χ0) is 19.3. The number of nitrogens with one attached hydrogen (secondary N) is 1. The summed E-state index contributed by atoms with van der Waals surface area (Å²) in [6.07, 6.45) is 0. The van der Waals surface area contributed by atoms with Gasteiger partial charge in [-0.05, 0) is 42.8 Å². The molecule has 0 unspecified atom stereocenters. The van der Waals surface area contributed by atoms with Crippen LogP contribution in [-0.2, 0) is 10.0 Å². The average Bonchev–Trinajstić information content (AvgIpc) is 2.58. The highest BCUT2D eigenvalue weighted by molar-refractivity contribution is 7.89. The fourth-order valence-electron chi connectivity index (χ4n) is 2.18. The number of halogens is 1. The second kappa shape index (κ2) is 8.53. The van der Waals surface area contributed by atoms with Gasteiger partial charge in [0.25, 0.3) is 5.91 Å². The van der Waals surface area contributed by atoms with E-state index in [1.54, 1.807) is 0 Å². The molecule has 8 heteroatoms. The SMILES string of the molecule is Cc1cccc(OCCNC(=O)c2cc(S(=O)(=O)N(C)C)ccc2Cl)c1. The number of hydrogen-bond acceptors (Lipinski definition) is 4. The first-order valence-corrected chi connectivity index (χ1v) is 9.73. The molecule has 0 saturated carbocycles. The van der Waals surface area contributed by atoms with Gasteiger partial charge in [0.1, 0.15) is 12.4 Å². The lowest BCUT2D eigenvalue weighted by molar-refractivity contribution is 0.0947. The van der Waals surface area contributed by atoms with Crippen molar-refractivity contribution in [1.82, 2.24) is 9.62 Å². The Labute approximate surface area is 158 Å². The minimum absolute atomic E-state index is 0.00746. The third-order valence-corrected chi connectivity index (χ3v) is 5.75. The normalized spacial score (nSPS) is 11.4. The van der Waals surface area contributed by atoms with Gasteiger partial charge >= 0.3 is 0 Å². The molecule has 0 radical (unpaired) electrons. The monoisotopic (exact) mass is 396 g/mol. The van der Waals surface area contributed by atoms with Crippen LogP contribution >= 0.6 is 11.6 Å². The molecule has 6 nitrogen and oxygen atoms in total. The Morgan fingerprint density at radius 2 is 1.92 bits per heavy atom. The van der Waals surface area contributed by atoms with Crippen LogP contribution < -0.4 is 10.1 Å². The van der Waals surface area contributed by atoms with Crippen LogP contribution in [-0.4, -0.2) is 45.9 Å². The van der Waals surface area contributed by atoms with Gasteiger partial charge in [-0.1, -0.05) is 23.7 Å². The summed E-state index contributed by atoms with van der Waals surface area (Å²) >= 11 is 6.05. The third-order valence-electron chi connectivity index (χ3n) is 3.61. The van der Waals surface area contributed by atoms with Crippen LogP contribution in [0.1, 0.15) is 15.9 Å². The summed E-state index contributed by atoms with van der Waals surface area (Å²) in [6.45, 7) is 2.50. The largest absolute Gasteiger partial charge is 0.492 e. The summed E-state index contributed by atoms with van der Waals surface area (Å²) in [4.78, 5) is 12.3. The van der Waals surface area contributed by atoms with Gasteiger partial charge in [-0.15, -0.1) is 0 Å². The van der Waals surface area contributed by atoms with E-state index in [0.29, 0.717) is 0 Å². The Kier molecular flexibility index (Phi) is 6.63. The number of rotatable bonds is 7. The molecule has 2 aromatic carbocycles. The van der Waals surface area contributed by atoms with Crippen molar-refractivity contribution in [3.63, 3.8) is 0 Å². The van der Waals surface area contributed by atoms with Gasteiger partial charge < -0.3 is 10.1 Å². The second-order valence-corrected chi connectivity index (χ2v) is 8.41. The maximum atomic E-state index is 12.3. The quantitative estimate of drug-likeness (QED) is 0.730. The van der Waals surface area contributed by atoms with Crippen LogP contribution in [0.15, 0.2) is 47.4 Å². The molecule has 2 rings (SSSR count). The van der Waals surface area contributed by atoms with Crippen molar-refractivity contribution in [3.8, 4) is 5.75 Å². The standard InChI is InChI=1S/C18H21ClN2O4S/c1-13-5-4-6-14(11-13)25-10-9-20-18(22)16-12-15(7-8-17(16)19)26(23,24)21(2)3/h4-8,11-12H,9-10H2,1-3H3,(H,20,22). The van der Waals surface area contributed by atoms with Gasteiger partial charge in [-0.25, -0.2) is 12.7 Å². The molecule has 0 aliphatic rings. The fraction of sp³-hybridized carbons (Fsp3) is 0.278. The highest BCUT2D eigenvalue weighted by Crippen LogP contribution is 2.22. The molecule has 0 atom stereocenters. The first-order chi connectivity index (χ1) is 12.2. The number of hydrogen-bond donors (Lipinski definition) is 1. The second-order valence-electron chi connectivity index (χ2n) is 5.85. The van der Waals surface area contributed by atoms with Gasteiger partial charge in [0.15, 0.2) is 0 Å². The lowest BCUT2D eigenvalue weighted by atomic mass is 10.2. The van der Waals surface area contributed by atoms with E-state index in [4.69, 9.17) is 16.3 Å². The van der Waals surface area contributed by atoms with Crippen molar-refractivity contribution in [1.29, 1.82) is 0 Å². The van der Waals surface area contributed by atoms with Crippen molar-refractivity contribution in [2.75, 3.05) is 27.2 Å². The maximum absolute atomic E-state index is 12.3. The predicted octanol–water partition coefficient (Wildman–Crippen LogP) is 2.71. The molecule has 1 amide bonds. The van der Waals surface area contributed by atoms with Gasteiger partial charge in [-0.2, -0.15) is 0 Å². The minimum Gasteiger partial charge on any atom is -0.492 e. The average molecular weight is 397 g/mol. The molecule has 26 heavy (non-hydrogen) atoms. The number of carbonyl (C=O) groups excluding carboxylic acids is 1. The number of ether oxygens (including phenoxy) is 1. The van der Waals surface area contributed by atoms with Crippen LogP contribution in [0.2, 0.25) is 5.02 Å². The van der Waals surface area contributed by atoms with Crippen molar-refractivity contribution in [2.45, 2.75) is 11.8 Å². The van der Waals surface area contributed by atoms with Crippen LogP contribution in [0.25, 0.3) is 0 Å². The van der Waals surface area contributed by atoms with E-state index in [-0.39, 0.29) is 28.6 Å². The number of aryl methyl sites for hydroxylation is 1. The van der Waals surface area contributed by atoms with Crippen molar-refractivity contribution < 1.29 is 17.9 Å². The van der Waals surface area contributed by atoms with Crippen molar-refractivity contribution in [3.05, 3.63) is 58.6 Å². The summed E-state index contributed by atoms with van der Waals surface area (Å²) in [5.41, 5.74) is 1.18. The van der Waals surface area contributed by atoms with E-state index in [1.165, 1.54) is 32.3 Å². The fourth-order valence-corrected chi connectivity index (χ4v) is 3.32. The van der Waals surface area contributed by atoms with E-state index < -0.39 is 15.9 Å². The number of benzene rings is 2.